The van der Waals surface area contributed by atoms with Crippen molar-refractivity contribution in [3.05, 3.63) is 41.0 Å². The van der Waals surface area contributed by atoms with Gasteiger partial charge in [-0.1, -0.05) is 0 Å². The molecule has 1 aliphatic heterocycles. The Bertz CT molecular complexity index is 833. The number of hydrogen-bond acceptors (Lipinski definition) is 5. The van der Waals surface area contributed by atoms with Crippen LogP contribution >= 0.6 is 0 Å². The van der Waals surface area contributed by atoms with Gasteiger partial charge in [-0.2, -0.15) is 10.4 Å². The highest BCUT2D eigenvalue weighted by Gasteiger charge is 2.24. The molecule has 130 valence electrons. The van der Waals surface area contributed by atoms with Crippen LogP contribution in [0.1, 0.15) is 47.3 Å². The number of nitrogens with zero attached hydrogens (tertiary/aromatic N) is 5. The molecule has 0 saturated carbocycles. The topological polar surface area (TPSA) is 74.8 Å². The van der Waals surface area contributed by atoms with Crippen molar-refractivity contribution in [3.8, 4) is 6.07 Å². The summed E-state index contributed by atoms with van der Waals surface area (Å²) in [4.78, 5) is 18.6. The Balaban J connectivity index is 1.83. The Morgan fingerprint density at radius 3 is 2.84 bits per heavy atom. The summed E-state index contributed by atoms with van der Waals surface area (Å²) < 4.78 is 1.97. The van der Waals surface area contributed by atoms with Gasteiger partial charge >= 0.3 is 0 Å². The first-order valence-corrected chi connectivity index (χ1v) is 8.66. The fourth-order valence-corrected chi connectivity index (χ4v) is 3.57. The fraction of sp³-hybridized carbons (Fsp3) is 0.474. The largest absolute Gasteiger partial charge is 0.371 e. The maximum atomic E-state index is 12.0. The molecular weight excluding hydrogens is 314 g/mol. The van der Waals surface area contributed by atoms with Crippen LogP contribution in [0.5, 0.6) is 0 Å². The number of benzene rings is 1. The van der Waals surface area contributed by atoms with E-state index < -0.39 is 0 Å². The number of aromatic nitrogens is 3. The number of piperidine rings is 1. The molecule has 0 amide bonds. The highest BCUT2D eigenvalue weighted by molar-refractivity contribution is 6.00. The van der Waals surface area contributed by atoms with Crippen molar-refractivity contribution in [2.24, 2.45) is 5.92 Å². The quantitative estimate of drug-likeness (QED) is 0.802. The second-order valence-electron chi connectivity index (χ2n) is 6.74. The lowest BCUT2D eigenvalue weighted by Crippen LogP contribution is -2.38. The molecule has 2 heterocycles. The molecule has 0 unspecified atom stereocenters. The van der Waals surface area contributed by atoms with Crippen LogP contribution in [0.25, 0.3) is 0 Å². The molecule has 0 N–H and O–H groups in total. The van der Waals surface area contributed by atoms with Crippen molar-refractivity contribution < 1.29 is 4.79 Å². The van der Waals surface area contributed by atoms with E-state index in [0.29, 0.717) is 17.0 Å². The maximum Gasteiger partial charge on any atom is 0.161 e. The Kier molecular flexibility index (Phi) is 4.84. The molecule has 0 bridgehead atoms. The zero-order valence-corrected chi connectivity index (χ0v) is 15.0. The van der Waals surface area contributed by atoms with E-state index in [1.54, 1.807) is 19.1 Å². The third-order valence-corrected chi connectivity index (χ3v) is 4.76. The van der Waals surface area contributed by atoms with E-state index in [1.165, 1.54) is 0 Å². The molecule has 1 aliphatic rings. The molecule has 1 aromatic heterocycles. The lowest BCUT2D eigenvalue weighted by atomic mass is 9.95. The fourth-order valence-electron chi connectivity index (χ4n) is 3.57. The van der Waals surface area contributed by atoms with Gasteiger partial charge in [0.1, 0.15) is 11.6 Å². The zero-order chi connectivity index (χ0) is 18.0. The second-order valence-corrected chi connectivity index (χ2v) is 6.74. The lowest BCUT2D eigenvalue weighted by Gasteiger charge is -2.35. The standard InChI is InChI=1S/C19H23N5O/c1-13(25)18-7-6-16(10-20)9-19(18)23-8-4-5-17(11-23)12-24-15(3)21-14(2)22-24/h6-7,9,17H,4-5,8,11-12H2,1-3H3/t17-/m1/s1. The van der Waals surface area contributed by atoms with Gasteiger partial charge < -0.3 is 4.90 Å². The van der Waals surface area contributed by atoms with Gasteiger partial charge in [0, 0.05) is 30.9 Å². The van der Waals surface area contributed by atoms with E-state index >= 15 is 0 Å². The summed E-state index contributed by atoms with van der Waals surface area (Å²) in [6.45, 7) is 8.05. The first kappa shape index (κ1) is 17.2. The molecule has 0 radical (unpaired) electrons. The average molecular weight is 337 g/mol. The summed E-state index contributed by atoms with van der Waals surface area (Å²) in [5.41, 5.74) is 2.15. The van der Waals surface area contributed by atoms with Crippen LogP contribution in [0.2, 0.25) is 0 Å². The molecule has 6 nitrogen and oxygen atoms in total. The molecule has 1 saturated heterocycles. The minimum absolute atomic E-state index is 0.0318. The van der Waals surface area contributed by atoms with E-state index in [-0.39, 0.29) is 5.78 Å². The van der Waals surface area contributed by atoms with Gasteiger partial charge in [-0.3, -0.25) is 4.79 Å². The first-order chi connectivity index (χ1) is 12.0. The molecule has 1 atom stereocenters. The van der Waals surface area contributed by atoms with Crippen LogP contribution in [0, 0.1) is 31.1 Å². The predicted molar refractivity (Wildman–Crippen MR) is 95.6 cm³/mol. The lowest BCUT2D eigenvalue weighted by molar-refractivity contribution is 0.101. The van der Waals surface area contributed by atoms with Crippen LogP contribution < -0.4 is 4.90 Å². The average Bonchev–Trinajstić information content (AvgIpc) is 2.91. The number of aryl methyl sites for hydroxylation is 2. The number of rotatable bonds is 4. The van der Waals surface area contributed by atoms with Gasteiger partial charge in [0.15, 0.2) is 5.78 Å². The molecule has 3 rings (SSSR count). The van der Waals surface area contributed by atoms with Gasteiger partial charge in [0.05, 0.1) is 11.6 Å². The van der Waals surface area contributed by atoms with Gasteiger partial charge in [-0.05, 0) is 57.7 Å². The van der Waals surface area contributed by atoms with Crippen molar-refractivity contribution in [2.75, 3.05) is 18.0 Å². The molecule has 25 heavy (non-hydrogen) atoms. The monoisotopic (exact) mass is 337 g/mol. The number of hydrogen-bond donors (Lipinski definition) is 0. The van der Waals surface area contributed by atoms with E-state index in [9.17, 15) is 10.1 Å². The summed E-state index contributed by atoms with van der Waals surface area (Å²) in [5.74, 6) is 2.21. The number of nitriles is 1. The van der Waals surface area contributed by atoms with Crippen LogP contribution in [-0.2, 0) is 6.54 Å². The Morgan fingerprint density at radius 1 is 1.40 bits per heavy atom. The predicted octanol–water partition coefficient (Wildman–Crippen LogP) is 2.89. The molecular formula is C19H23N5O. The normalized spacial score (nSPS) is 17.4. The first-order valence-electron chi connectivity index (χ1n) is 8.66. The molecule has 1 aromatic carbocycles. The summed E-state index contributed by atoms with van der Waals surface area (Å²) in [6, 6.07) is 7.49. The van der Waals surface area contributed by atoms with Crippen molar-refractivity contribution in [2.45, 2.75) is 40.2 Å². The summed E-state index contributed by atoms with van der Waals surface area (Å²) in [7, 11) is 0. The van der Waals surface area contributed by atoms with Crippen LogP contribution in [0.4, 0.5) is 5.69 Å². The van der Waals surface area contributed by atoms with Crippen molar-refractivity contribution >= 4 is 11.5 Å². The number of anilines is 1. The van der Waals surface area contributed by atoms with E-state index in [2.05, 4.69) is 21.1 Å². The number of ketones is 1. The van der Waals surface area contributed by atoms with Crippen LogP contribution in [-0.4, -0.2) is 33.6 Å². The van der Waals surface area contributed by atoms with Crippen molar-refractivity contribution in [1.29, 1.82) is 5.26 Å². The maximum absolute atomic E-state index is 12.0. The van der Waals surface area contributed by atoms with Gasteiger partial charge in [0.25, 0.3) is 0 Å². The van der Waals surface area contributed by atoms with E-state index in [0.717, 1.165) is 49.8 Å². The summed E-state index contributed by atoms with van der Waals surface area (Å²) in [5, 5.41) is 13.7. The number of carbonyl (C=O) groups is 1. The van der Waals surface area contributed by atoms with Crippen LogP contribution in [0.15, 0.2) is 18.2 Å². The van der Waals surface area contributed by atoms with Gasteiger partial charge in [-0.25, -0.2) is 9.67 Å². The third-order valence-electron chi connectivity index (χ3n) is 4.76. The minimum Gasteiger partial charge on any atom is -0.371 e. The van der Waals surface area contributed by atoms with Gasteiger partial charge in [0.2, 0.25) is 0 Å². The summed E-state index contributed by atoms with van der Waals surface area (Å²) in [6.07, 6.45) is 2.19. The van der Waals surface area contributed by atoms with Crippen LogP contribution in [0.3, 0.4) is 0 Å². The minimum atomic E-state index is 0.0318. The third kappa shape index (κ3) is 3.71. The molecule has 0 spiro atoms. The SMILES string of the molecule is CC(=O)c1ccc(C#N)cc1N1CCC[C@@H](Cn2nc(C)nc2C)C1. The van der Waals surface area contributed by atoms with Crippen molar-refractivity contribution in [1.82, 2.24) is 14.8 Å². The van der Waals surface area contributed by atoms with Crippen molar-refractivity contribution in [3.63, 3.8) is 0 Å². The molecule has 1 fully saturated rings. The zero-order valence-electron chi connectivity index (χ0n) is 15.0. The molecule has 2 aromatic rings. The number of carbonyl (C=O) groups excluding carboxylic acids is 1. The Morgan fingerprint density at radius 2 is 2.20 bits per heavy atom. The highest BCUT2D eigenvalue weighted by Crippen LogP contribution is 2.28. The number of Topliss-reactive ketones (excluding diaryl/α,β-unsaturated/α-hetero) is 1. The molecule has 0 aliphatic carbocycles. The molecule has 6 heteroatoms. The smallest absolute Gasteiger partial charge is 0.161 e. The Hall–Kier alpha value is -2.68. The Labute approximate surface area is 148 Å². The van der Waals surface area contributed by atoms with E-state index in [1.807, 2.05) is 24.6 Å². The van der Waals surface area contributed by atoms with Gasteiger partial charge in [-0.15, -0.1) is 0 Å². The summed E-state index contributed by atoms with van der Waals surface area (Å²) >= 11 is 0. The van der Waals surface area contributed by atoms with E-state index in [4.69, 9.17) is 0 Å². The second kappa shape index (κ2) is 7.06. The highest BCUT2D eigenvalue weighted by atomic mass is 16.1.